The number of ether oxygens (including phenoxy) is 1. The average Bonchev–Trinajstić information content (AvgIpc) is 2.64. The van der Waals surface area contributed by atoms with Gasteiger partial charge in [0.2, 0.25) is 0 Å². The van der Waals surface area contributed by atoms with Crippen molar-refractivity contribution >= 4 is 6.03 Å². The largest absolute Gasteiger partial charge is 0.378 e. The Bertz CT molecular complexity index is 385. The van der Waals surface area contributed by atoms with E-state index in [1.807, 2.05) is 7.05 Å². The van der Waals surface area contributed by atoms with Crippen molar-refractivity contribution in [3.05, 3.63) is 12.2 Å². The van der Waals surface area contributed by atoms with Crippen LogP contribution in [0.15, 0.2) is 6.33 Å². The van der Waals surface area contributed by atoms with Gasteiger partial charge in [-0.25, -0.2) is 15.2 Å². The van der Waals surface area contributed by atoms with Crippen LogP contribution < -0.4 is 10.7 Å². The van der Waals surface area contributed by atoms with Crippen LogP contribution in [0.3, 0.4) is 0 Å². The van der Waals surface area contributed by atoms with Gasteiger partial charge in [-0.05, 0) is 0 Å². The predicted octanol–water partition coefficient (Wildman–Crippen LogP) is -1.10. The van der Waals surface area contributed by atoms with Gasteiger partial charge in [-0.1, -0.05) is 0 Å². The summed E-state index contributed by atoms with van der Waals surface area (Å²) >= 11 is 0. The fraction of sp³-hybridized carbons (Fsp3) is 0.700. The maximum absolute atomic E-state index is 11.8. The summed E-state index contributed by atoms with van der Waals surface area (Å²) in [5.74, 6) is 0.849. The van der Waals surface area contributed by atoms with Gasteiger partial charge in [0.05, 0.1) is 19.8 Å². The first-order chi connectivity index (χ1) is 8.77. The van der Waals surface area contributed by atoms with Gasteiger partial charge in [0.15, 0.2) is 0 Å². The van der Waals surface area contributed by atoms with E-state index in [1.165, 1.54) is 6.33 Å². The zero-order valence-electron chi connectivity index (χ0n) is 10.4. The Morgan fingerprint density at radius 2 is 2.50 bits per heavy atom. The summed E-state index contributed by atoms with van der Waals surface area (Å²) in [5, 5.41) is 8.35. The van der Waals surface area contributed by atoms with Crippen molar-refractivity contribution in [2.45, 2.75) is 6.42 Å². The Balaban J connectivity index is 1.72. The van der Waals surface area contributed by atoms with Gasteiger partial charge in [-0.15, -0.1) is 0 Å². The molecule has 2 N–H and O–H groups in total. The van der Waals surface area contributed by atoms with E-state index in [1.54, 1.807) is 9.69 Å². The summed E-state index contributed by atoms with van der Waals surface area (Å²) in [7, 11) is 1.83. The summed E-state index contributed by atoms with van der Waals surface area (Å²) in [6, 6.07) is -0.136. The number of carbonyl (C=O) groups excluding carboxylic acids is 1. The Hall–Kier alpha value is -1.67. The van der Waals surface area contributed by atoms with Crippen LogP contribution in [0.25, 0.3) is 0 Å². The smallest absolute Gasteiger partial charge is 0.331 e. The highest BCUT2D eigenvalue weighted by molar-refractivity contribution is 5.73. The third-order valence-electron chi connectivity index (χ3n) is 2.68. The van der Waals surface area contributed by atoms with Gasteiger partial charge >= 0.3 is 6.03 Å². The lowest BCUT2D eigenvalue weighted by molar-refractivity contribution is 0.143. The number of amides is 2. The molecule has 2 heterocycles. The number of hydrogen-bond donors (Lipinski definition) is 2. The van der Waals surface area contributed by atoms with Gasteiger partial charge in [-0.3, -0.25) is 9.69 Å². The molecule has 1 saturated heterocycles. The van der Waals surface area contributed by atoms with Crippen LogP contribution in [0.4, 0.5) is 4.79 Å². The fourth-order valence-corrected chi connectivity index (χ4v) is 1.69. The normalized spacial score (nSPS) is 16.4. The van der Waals surface area contributed by atoms with E-state index in [0.29, 0.717) is 39.3 Å². The lowest BCUT2D eigenvalue weighted by Gasteiger charge is -2.20. The van der Waals surface area contributed by atoms with Crippen molar-refractivity contribution in [1.29, 1.82) is 0 Å². The first-order valence-electron chi connectivity index (χ1n) is 5.97. The van der Waals surface area contributed by atoms with E-state index < -0.39 is 0 Å². The summed E-state index contributed by atoms with van der Waals surface area (Å²) in [6.07, 6.45) is 2.16. The van der Waals surface area contributed by atoms with Gasteiger partial charge in [0, 0.05) is 26.6 Å². The van der Waals surface area contributed by atoms with Crippen LogP contribution in [0.5, 0.6) is 0 Å². The van der Waals surface area contributed by atoms with Crippen molar-refractivity contribution in [3.63, 3.8) is 0 Å². The van der Waals surface area contributed by atoms with Crippen LogP contribution in [0.1, 0.15) is 5.82 Å². The second-order valence-corrected chi connectivity index (χ2v) is 3.95. The maximum Gasteiger partial charge on any atom is 0.331 e. The Kier molecular flexibility index (Phi) is 4.48. The molecule has 0 bridgehead atoms. The van der Waals surface area contributed by atoms with E-state index in [4.69, 9.17) is 4.74 Å². The molecular weight excluding hydrogens is 236 g/mol. The van der Waals surface area contributed by atoms with Crippen LogP contribution >= 0.6 is 0 Å². The molecule has 100 valence electrons. The Morgan fingerprint density at radius 1 is 1.61 bits per heavy atom. The average molecular weight is 254 g/mol. The standard InChI is InChI=1S/C10H18N6O2/c1-15-9(12-8-14-15)2-3-11-10(17)16-5-7-18-6-4-13-16/h8,13H,2-7H2,1H3,(H,11,17). The topological polar surface area (TPSA) is 84.3 Å². The zero-order valence-corrected chi connectivity index (χ0v) is 10.4. The van der Waals surface area contributed by atoms with E-state index in [9.17, 15) is 4.79 Å². The van der Waals surface area contributed by atoms with Crippen molar-refractivity contribution < 1.29 is 9.53 Å². The molecule has 2 amide bonds. The Morgan fingerprint density at radius 3 is 3.28 bits per heavy atom. The number of hydrogen-bond acceptors (Lipinski definition) is 5. The second-order valence-electron chi connectivity index (χ2n) is 3.95. The number of nitrogens with one attached hydrogen (secondary N) is 2. The maximum atomic E-state index is 11.8. The highest BCUT2D eigenvalue weighted by Gasteiger charge is 2.14. The molecule has 0 aliphatic carbocycles. The number of hydrazine groups is 1. The SMILES string of the molecule is Cn1ncnc1CCNC(=O)N1CCOCCN1. The molecule has 1 aliphatic rings. The van der Waals surface area contributed by atoms with Crippen molar-refractivity contribution in [2.24, 2.45) is 7.05 Å². The van der Waals surface area contributed by atoms with Gasteiger partial charge in [0.1, 0.15) is 12.2 Å². The van der Waals surface area contributed by atoms with Crippen molar-refractivity contribution in [1.82, 2.24) is 30.5 Å². The first-order valence-corrected chi connectivity index (χ1v) is 5.97. The molecule has 1 aromatic heterocycles. The summed E-state index contributed by atoms with van der Waals surface area (Å²) < 4.78 is 6.95. The van der Waals surface area contributed by atoms with Gasteiger partial charge in [-0.2, -0.15) is 5.10 Å². The minimum Gasteiger partial charge on any atom is -0.378 e. The molecule has 0 atom stereocenters. The number of nitrogens with zero attached hydrogens (tertiary/aromatic N) is 4. The van der Waals surface area contributed by atoms with Crippen LogP contribution in [-0.4, -0.2) is 58.7 Å². The minimum absolute atomic E-state index is 0.136. The number of urea groups is 1. The molecule has 1 aliphatic heterocycles. The van der Waals surface area contributed by atoms with Crippen LogP contribution in [0, 0.1) is 0 Å². The van der Waals surface area contributed by atoms with E-state index in [-0.39, 0.29) is 6.03 Å². The molecule has 0 saturated carbocycles. The van der Waals surface area contributed by atoms with Crippen molar-refractivity contribution in [3.8, 4) is 0 Å². The lowest BCUT2D eigenvalue weighted by Crippen LogP contribution is -2.49. The van der Waals surface area contributed by atoms with Gasteiger partial charge in [0.25, 0.3) is 0 Å². The molecule has 1 aromatic rings. The molecule has 8 nitrogen and oxygen atoms in total. The monoisotopic (exact) mass is 254 g/mol. The second kappa shape index (κ2) is 6.31. The molecule has 0 unspecified atom stereocenters. The third kappa shape index (κ3) is 3.41. The molecule has 0 spiro atoms. The molecule has 2 rings (SSSR count). The summed E-state index contributed by atoms with van der Waals surface area (Å²) in [5.41, 5.74) is 3.00. The molecule has 18 heavy (non-hydrogen) atoms. The highest BCUT2D eigenvalue weighted by Crippen LogP contribution is 1.93. The van der Waals surface area contributed by atoms with Crippen LogP contribution in [0.2, 0.25) is 0 Å². The zero-order chi connectivity index (χ0) is 12.8. The number of carbonyl (C=O) groups is 1. The van der Waals surface area contributed by atoms with E-state index >= 15 is 0 Å². The highest BCUT2D eigenvalue weighted by atomic mass is 16.5. The third-order valence-corrected chi connectivity index (χ3v) is 2.68. The number of aromatic nitrogens is 3. The quantitative estimate of drug-likeness (QED) is 0.715. The van der Waals surface area contributed by atoms with Crippen molar-refractivity contribution in [2.75, 3.05) is 32.8 Å². The van der Waals surface area contributed by atoms with E-state index in [0.717, 1.165) is 5.82 Å². The molecule has 0 aromatic carbocycles. The molecule has 1 fully saturated rings. The molecule has 8 heteroatoms. The minimum atomic E-state index is -0.136. The molecule has 0 radical (unpaired) electrons. The van der Waals surface area contributed by atoms with E-state index in [2.05, 4.69) is 20.8 Å². The molecular formula is C10H18N6O2. The summed E-state index contributed by atoms with van der Waals surface area (Å²) in [6.45, 7) is 2.92. The Labute approximate surface area is 105 Å². The first kappa shape index (κ1) is 12.8. The fourth-order valence-electron chi connectivity index (χ4n) is 1.69. The summed E-state index contributed by atoms with van der Waals surface area (Å²) in [4.78, 5) is 15.9. The van der Waals surface area contributed by atoms with Crippen LogP contribution in [-0.2, 0) is 18.2 Å². The number of aryl methyl sites for hydroxylation is 1. The lowest BCUT2D eigenvalue weighted by atomic mass is 10.4. The number of rotatable bonds is 3. The van der Waals surface area contributed by atoms with Gasteiger partial charge < -0.3 is 10.1 Å². The predicted molar refractivity (Wildman–Crippen MR) is 63.6 cm³/mol.